The lowest BCUT2D eigenvalue weighted by molar-refractivity contribution is -0.143. The van der Waals surface area contributed by atoms with E-state index in [1.54, 1.807) is 18.2 Å². The van der Waals surface area contributed by atoms with E-state index in [4.69, 9.17) is 9.84 Å². The second-order valence-corrected chi connectivity index (χ2v) is 4.89. The number of hydrogen-bond donors (Lipinski definition) is 1. The molecule has 0 spiro atoms. The molecule has 0 radical (unpaired) electrons. The van der Waals surface area contributed by atoms with E-state index >= 15 is 0 Å². The molecular weight excluding hydrogens is 290 g/mol. The van der Waals surface area contributed by atoms with Crippen molar-refractivity contribution in [3.8, 4) is 5.75 Å². The normalized spacial score (nSPS) is 17.1. The third-order valence-corrected chi connectivity index (χ3v) is 3.46. The van der Waals surface area contributed by atoms with E-state index in [1.165, 1.54) is 18.1 Å². The summed E-state index contributed by atoms with van der Waals surface area (Å²) in [5.74, 6) is -1.53. The number of aliphatic carboxylic acids is 1. The summed E-state index contributed by atoms with van der Waals surface area (Å²) in [5.41, 5.74) is 0.329. The van der Waals surface area contributed by atoms with Crippen molar-refractivity contribution < 1.29 is 29.0 Å². The summed E-state index contributed by atoms with van der Waals surface area (Å²) in [7, 11) is 1.26. The number of amides is 1. The molecule has 1 aliphatic rings. The van der Waals surface area contributed by atoms with Crippen molar-refractivity contribution in [1.82, 2.24) is 4.90 Å². The summed E-state index contributed by atoms with van der Waals surface area (Å²) in [6, 6.07) is 5.52. The Morgan fingerprint density at radius 1 is 1.36 bits per heavy atom. The van der Waals surface area contributed by atoms with Crippen molar-refractivity contribution in [2.45, 2.75) is 18.9 Å². The number of rotatable bonds is 5. The largest absolute Gasteiger partial charge is 0.482 e. The quantitative estimate of drug-likeness (QED) is 0.813. The Bertz CT molecular complexity index is 585. The highest BCUT2D eigenvalue weighted by Crippen LogP contribution is 2.22. The van der Waals surface area contributed by atoms with Crippen LogP contribution in [0.1, 0.15) is 23.2 Å². The zero-order chi connectivity index (χ0) is 16.1. The fourth-order valence-corrected chi connectivity index (χ4v) is 2.35. The van der Waals surface area contributed by atoms with Gasteiger partial charge in [0, 0.05) is 12.1 Å². The van der Waals surface area contributed by atoms with Gasteiger partial charge < -0.3 is 19.5 Å². The van der Waals surface area contributed by atoms with Gasteiger partial charge in [0.25, 0.3) is 5.91 Å². The van der Waals surface area contributed by atoms with Gasteiger partial charge in [0.05, 0.1) is 7.11 Å². The van der Waals surface area contributed by atoms with Gasteiger partial charge in [-0.1, -0.05) is 6.07 Å². The molecule has 1 heterocycles. The number of likely N-dealkylation sites (tertiary alicyclic amines) is 1. The van der Waals surface area contributed by atoms with Crippen LogP contribution in [0.15, 0.2) is 24.3 Å². The highest BCUT2D eigenvalue weighted by Gasteiger charge is 2.34. The maximum atomic E-state index is 12.4. The van der Waals surface area contributed by atoms with E-state index in [9.17, 15) is 14.4 Å². The number of benzene rings is 1. The fourth-order valence-electron chi connectivity index (χ4n) is 2.35. The van der Waals surface area contributed by atoms with Crippen LogP contribution in [0.2, 0.25) is 0 Å². The molecule has 7 heteroatoms. The van der Waals surface area contributed by atoms with Crippen molar-refractivity contribution in [1.29, 1.82) is 0 Å². The minimum absolute atomic E-state index is 0.254. The van der Waals surface area contributed by atoms with Gasteiger partial charge in [-0.05, 0) is 31.0 Å². The van der Waals surface area contributed by atoms with Gasteiger partial charge in [-0.2, -0.15) is 0 Å². The number of carboxylic acid groups (broad SMARTS) is 1. The molecule has 0 saturated carbocycles. The summed E-state index contributed by atoms with van der Waals surface area (Å²) in [6.07, 6.45) is 1.13. The van der Waals surface area contributed by atoms with Gasteiger partial charge in [-0.25, -0.2) is 9.59 Å². The molecule has 0 aromatic heterocycles. The maximum Gasteiger partial charge on any atom is 0.343 e. The molecule has 0 bridgehead atoms. The third-order valence-electron chi connectivity index (χ3n) is 3.46. The first kappa shape index (κ1) is 15.8. The topological polar surface area (TPSA) is 93.1 Å². The molecule has 1 amide bonds. The smallest absolute Gasteiger partial charge is 0.343 e. The number of carboxylic acids is 1. The van der Waals surface area contributed by atoms with Crippen LogP contribution in [-0.2, 0) is 14.3 Å². The van der Waals surface area contributed by atoms with E-state index in [-0.39, 0.29) is 12.5 Å². The van der Waals surface area contributed by atoms with Gasteiger partial charge in [-0.3, -0.25) is 4.79 Å². The number of ether oxygens (including phenoxy) is 2. The monoisotopic (exact) mass is 307 g/mol. The molecule has 1 fully saturated rings. The van der Waals surface area contributed by atoms with E-state index in [0.29, 0.717) is 30.7 Å². The predicted octanol–water partition coefficient (Wildman–Crippen LogP) is 0.928. The summed E-state index contributed by atoms with van der Waals surface area (Å²) < 4.78 is 9.69. The maximum absolute atomic E-state index is 12.4. The van der Waals surface area contributed by atoms with Crippen LogP contribution in [0.5, 0.6) is 5.75 Å². The van der Waals surface area contributed by atoms with Crippen molar-refractivity contribution in [3.63, 3.8) is 0 Å². The molecule has 1 aliphatic heterocycles. The Kier molecular flexibility index (Phi) is 4.98. The van der Waals surface area contributed by atoms with Crippen LogP contribution < -0.4 is 4.74 Å². The Balaban J connectivity index is 2.10. The van der Waals surface area contributed by atoms with Crippen LogP contribution in [0.4, 0.5) is 0 Å². The Hall–Kier alpha value is -2.57. The zero-order valence-electron chi connectivity index (χ0n) is 12.2. The number of carbonyl (C=O) groups excluding carboxylic acids is 2. The summed E-state index contributed by atoms with van der Waals surface area (Å²) >= 11 is 0. The minimum Gasteiger partial charge on any atom is -0.482 e. The Morgan fingerprint density at radius 2 is 2.14 bits per heavy atom. The Labute approximate surface area is 127 Å². The molecule has 1 aromatic rings. The second kappa shape index (κ2) is 6.93. The van der Waals surface area contributed by atoms with Gasteiger partial charge in [0.2, 0.25) is 0 Å². The molecule has 1 N–H and O–H groups in total. The lowest BCUT2D eigenvalue weighted by Crippen LogP contribution is -2.40. The molecule has 0 unspecified atom stereocenters. The van der Waals surface area contributed by atoms with Gasteiger partial charge in [-0.15, -0.1) is 0 Å². The van der Waals surface area contributed by atoms with E-state index in [2.05, 4.69) is 4.74 Å². The van der Waals surface area contributed by atoms with Crippen LogP contribution in [0, 0.1) is 0 Å². The van der Waals surface area contributed by atoms with Gasteiger partial charge in [0.15, 0.2) is 6.61 Å². The van der Waals surface area contributed by atoms with Crippen molar-refractivity contribution in [2.75, 3.05) is 20.3 Å². The van der Waals surface area contributed by atoms with E-state index < -0.39 is 18.0 Å². The molecule has 1 aromatic carbocycles. The number of carbonyl (C=O) groups is 3. The molecule has 118 valence electrons. The summed E-state index contributed by atoms with van der Waals surface area (Å²) in [4.78, 5) is 36.0. The van der Waals surface area contributed by atoms with Crippen molar-refractivity contribution >= 4 is 17.8 Å². The van der Waals surface area contributed by atoms with Crippen molar-refractivity contribution in [3.05, 3.63) is 29.8 Å². The average molecular weight is 307 g/mol. The van der Waals surface area contributed by atoms with Crippen LogP contribution in [0.3, 0.4) is 0 Å². The molecule has 2 rings (SSSR count). The summed E-state index contributed by atoms with van der Waals surface area (Å²) in [6.45, 7) is 0.165. The van der Waals surface area contributed by atoms with Crippen LogP contribution >= 0.6 is 0 Å². The summed E-state index contributed by atoms with van der Waals surface area (Å²) in [5, 5.41) is 9.14. The number of esters is 1. The first-order chi connectivity index (χ1) is 10.5. The molecule has 1 saturated heterocycles. The molecule has 0 aliphatic carbocycles. The lowest BCUT2D eigenvalue weighted by Gasteiger charge is -2.21. The average Bonchev–Trinajstić information content (AvgIpc) is 3.02. The first-order valence-electron chi connectivity index (χ1n) is 6.86. The lowest BCUT2D eigenvalue weighted by atomic mass is 10.1. The van der Waals surface area contributed by atoms with Crippen molar-refractivity contribution in [2.24, 2.45) is 0 Å². The minimum atomic E-state index is -0.996. The third kappa shape index (κ3) is 3.55. The first-order valence-corrected chi connectivity index (χ1v) is 6.86. The zero-order valence-corrected chi connectivity index (χ0v) is 12.2. The molecule has 7 nitrogen and oxygen atoms in total. The molecular formula is C15H17NO6. The van der Waals surface area contributed by atoms with E-state index in [0.717, 1.165) is 0 Å². The van der Waals surface area contributed by atoms with E-state index in [1.807, 2.05) is 0 Å². The SMILES string of the molecule is COC(=O)COc1cccc(C(=O)N2CCC[C@@H]2C(=O)O)c1. The molecule has 22 heavy (non-hydrogen) atoms. The predicted molar refractivity (Wildman–Crippen MR) is 75.6 cm³/mol. The standard InChI is InChI=1S/C15H17NO6/c1-21-13(17)9-22-11-5-2-4-10(8-11)14(18)16-7-3-6-12(16)15(19)20/h2,4-5,8,12H,3,6-7,9H2,1H3,(H,19,20)/t12-/m1/s1. The van der Waals surface area contributed by atoms with Crippen LogP contribution in [-0.4, -0.2) is 54.2 Å². The highest BCUT2D eigenvalue weighted by atomic mass is 16.6. The van der Waals surface area contributed by atoms with Gasteiger partial charge in [0.1, 0.15) is 11.8 Å². The number of nitrogens with zero attached hydrogens (tertiary/aromatic N) is 1. The fraction of sp³-hybridized carbons (Fsp3) is 0.400. The second-order valence-electron chi connectivity index (χ2n) is 4.89. The Morgan fingerprint density at radius 3 is 2.82 bits per heavy atom. The van der Waals surface area contributed by atoms with Crippen LogP contribution in [0.25, 0.3) is 0 Å². The highest BCUT2D eigenvalue weighted by molar-refractivity contribution is 5.97. The van der Waals surface area contributed by atoms with Gasteiger partial charge >= 0.3 is 11.9 Å². The molecule has 1 atom stereocenters. The number of hydrogen-bond acceptors (Lipinski definition) is 5. The number of methoxy groups -OCH3 is 1.